The molecule has 2 heterocycles. The molecule has 208 valence electrons. The van der Waals surface area contributed by atoms with E-state index in [1.54, 1.807) is 36.4 Å². The van der Waals surface area contributed by atoms with Gasteiger partial charge in [0.15, 0.2) is 35.2 Å². The summed E-state index contributed by atoms with van der Waals surface area (Å²) in [5.41, 5.74) is 1.28. The summed E-state index contributed by atoms with van der Waals surface area (Å²) in [5, 5.41) is 58.9. The Morgan fingerprint density at radius 3 is 2.21 bits per heavy atom. The minimum atomic E-state index is -1.59. The van der Waals surface area contributed by atoms with E-state index < -0.39 is 49.5 Å². The van der Waals surface area contributed by atoms with E-state index >= 15 is 0 Å². The monoisotopic (exact) mass is 536 g/mol. The van der Waals surface area contributed by atoms with Gasteiger partial charge in [-0.25, -0.2) is 0 Å². The van der Waals surface area contributed by atoms with Crippen molar-refractivity contribution < 1.29 is 59.1 Å². The van der Waals surface area contributed by atoms with Crippen LogP contribution >= 0.6 is 0 Å². The third-order valence-electron chi connectivity index (χ3n) is 6.33. The van der Waals surface area contributed by atoms with Crippen LogP contribution < -0.4 is 23.7 Å². The van der Waals surface area contributed by atoms with Crippen molar-refractivity contribution >= 4 is 6.08 Å². The van der Waals surface area contributed by atoms with Crippen LogP contribution in [0.4, 0.5) is 0 Å². The maximum absolute atomic E-state index is 10.3. The zero-order valence-electron chi connectivity index (χ0n) is 20.8. The second-order valence-electron chi connectivity index (χ2n) is 8.74. The second kappa shape index (κ2) is 12.2. The number of methoxy groups -OCH3 is 2. The number of ether oxygens (including phenoxy) is 6. The third-order valence-corrected chi connectivity index (χ3v) is 6.33. The van der Waals surface area contributed by atoms with Gasteiger partial charge < -0.3 is 59.1 Å². The van der Waals surface area contributed by atoms with Gasteiger partial charge in [-0.2, -0.15) is 0 Å². The molecule has 4 rings (SSSR count). The van der Waals surface area contributed by atoms with Crippen molar-refractivity contribution in [3.8, 4) is 28.7 Å². The van der Waals surface area contributed by atoms with Crippen molar-refractivity contribution in [2.45, 2.75) is 42.9 Å². The van der Waals surface area contributed by atoms with Gasteiger partial charge in [-0.05, 0) is 29.8 Å². The summed E-state index contributed by atoms with van der Waals surface area (Å²) in [5.74, 6) is 1.48. The Labute approximate surface area is 218 Å². The number of hydrogen-bond donors (Lipinski definition) is 6. The zero-order valence-corrected chi connectivity index (χ0v) is 20.8. The minimum Gasteiger partial charge on any atom is -0.493 e. The molecule has 7 atom stereocenters. The predicted octanol–water partition coefficient (Wildman–Crippen LogP) is -0.239. The quantitative estimate of drug-likeness (QED) is 0.248. The maximum Gasteiger partial charge on any atom is 0.229 e. The molecule has 2 aromatic rings. The van der Waals surface area contributed by atoms with Crippen LogP contribution in [0.3, 0.4) is 0 Å². The van der Waals surface area contributed by atoms with Gasteiger partial charge >= 0.3 is 0 Å². The largest absolute Gasteiger partial charge is 0.493 e. The Morgan fingerprint density at radius 1 is 0.816 bits per heavy atom. The van der Waals surface area contributed by atoms with Gasteiger partial charge in [0.1, 0.15) is 24.4 Å². The fourth-order valence-corrected chi connectivity index (χ4v) is 4.33. The van der Waals surface area contributed by atoms with Crippen LogP contribution in [0.2, 0.25) is 0 Å². The number of aliphatic hydroxyl groups is 6. The average Bonchev–Trinajstić information content (AvgIpc) is 2.95. The molecule has 2 aliphatic rings. The molecule has 0 aromatic heterocycles. The van der Waals surface area contributed by atoms with E-state index in [1.165, 1.54) is 20.3 Å². The Balaban J connectivity index is 1.61. The van der Waals surface area contributed by atoms with Crippen LogP contribution in [0, 0.1) is 0 Å². The summed E-state index contributed by atoms with van der Waals surface area (Å²) in [6, 6.07) is 8.23. The molecule has 1 saturated heterocycles. The van der Waals surface area contributed by atoms with Crippen molar-refractivity contribution in [3.63, 3.8) is 0 Å². The Bertz CT molecular complexity index is 1120. The zero-order chi connectivity index (χ0) is 27.4. The first-order valence-corrected chi connectivity index (χ1v) is 11.9. The number of benzene rings is 2. The van der Waals surface area contributed by atoms with Crippen molar-refractivity contribution in [1.29, 1.82) is 0 Å². The van der Waals surface area contributed by atoms with Gasteiger partial charge in [0.05, 0.1) is 34.0 Å². The van der Waals surface area contributed by atoms with Gasteiger partial charge in [-0.15, -0.1) is 0 Å². The molecule has 0 unspecified atom stereocenters. The molecule has 0 saturated carbocycles. The summed E-state index contributed by atoms with van der Waals surface area (Å²) in [6.45, 7) is -1.10. The smallest absolute Gasteiger partial charge is 0.229 e. The number of aliphatic hydroxyl groups excluding tert-OH is 6. The van der Waals surface area contributed by atoms with E-state index in [-0.39, 0.29) is 24.7 Å². The Hall–Kier alpha value is -3.10. The highest BCUT2D eigenvalue weighted by molar-refractivity contribution is 5.63. The number of fused-ring (bicyclic) bond motifs is 1. The van der Waals surface area contributed by atoms with Crippen molar-refractivity contribution in [2.75, 3.05) is 34.0 Å². The van der Waals surface area contributed by atoms with Crippen LogP contribution in [-0.2, 0) is 4.74 Å². The Morgan fingerprint density at radius 2 is 1.55 bits per heavy atom. The lowest BCUT2D eigenvalue weighted by Crippen LogP contribution is -2.60. The van der Waals surface area contributed by atoms with E-state index in [0.29, 0.717) is 28.4 Å². The van der Waals surface area contributed by atoms with Gasteiger partial charge in [0, 0.05) is 5.56 Å². The standard InChI is InChI=1S/C26H32O12/c1-33-16-10-14(5-6-15(16)37-26-23(32)22(31)21(30)19(11-28)38-26)24-20(12-29)36-25-17(34-2)8-13(4-3-7-27)9-18(25)35-24/h3-6,8-10,19-24,26-32H,7,11-12H2,1-2H3/b4-3+/t19-,20+,21-,22+,23-,24-,26-/m0/s1. The molecule has 0 radical (unpaired) electrons. The number of hydrogen-bond acceptors (Lipinski definition) is 12. The average molecular weight is 537 g/mol. The van der Waals surface area contributed by atoms with E-state index in [2.05, 4.69) is 0 Å². The van der Waals surface area contributed by atoms with Crippen LogP contribution in [0.5, 0.6) is 28.7 Å². The van der Waals surface area contributed by atoms with Gasteiger partial charge in [-0.3, -0.25) is 0 Å². The summed E-state index contributed by atoms with van der Waals surface area (Å²) in [4.78, 5) is 0. The molecular weight excluding hydrogens is 504 g/mol. The summed E-state index contributed by atoms with van der Waals surface area (Å²) in [6.07, 6.45) is -5.51. The lowest BCUT2D eigenvalue weighted by Gasteiger charge is -2.39. The molecule has 0 spiro atoms. The van der Waals surface area contributed by atoms with Gasteiger partial charge in [-0.1, -0.05) is 18.2 Å². The maximum atomic E-state index is 10.3. The van der Waals surface area contributed by atoms with Gasteiger partial charge in [0.25, 0.3) is 0 Å². The Kier molecular flexibility index (Phi) is 8.95. The van der Waals surface area contributed by atoms with Crippen LogP contribution in [0.1, 0.15) is 17.2 Å². The first-order chi connectivity index (χ1) is 18.3. The highest BCUT2D eigenvalue weighted by Gasteiger charge is 2.45. The highest BCUT2D eigenvalue weighted by atomic mass is 16.7. The van der Waals surface area contributed by atoms with Gasteiger partial charge in [0.2, 0.25) is 12.0 Å². The minimum absolute atomic E-state index is 0.136. The van der Waals surface area contributed by atoms with Crippen molar-refractivity contribution in [3.05, 3.63) is 47.5 Å². The molecular formula is C26H32O12. The molecule has 2 aromatic carbocycles. The summed E-state index contributed by atoms with van der Waals surface area (Å²) in [7, 11) is 2.89. The third kappa shape index (κ3) is 5.52. The van der Waals surface area contributed by atoms with Crippen molar-refractivity contribution in [2.24, 2.45) is 0 Å². The van der Waals surface area contributed by atoms with Crippen LogP contribution in [0.15, 0.2) is 36.4 Å². The molecule has 12 heteroatoms. The first-order valence-electron chi connectivity index (χ1n) is 11.9. The van der Waals surface area contributed by atoms with E-state index in [4.69, 9.17) is 33.5 Å². The van der Waals surface area contributed by atoms with E-state index in [1.807, 2.05) is 0 Å². The van der Waals surface area contributed by atoms with E-state index in [0.717, 1.165) is 0 Å². The molecule has 0 bridgehead atoms. The molecule has 1 fully saturated rings. The van der Waals surface area contributed by atoms with Crippen LogP contribution in [-0.4, -0.2) is 101 Å². The molecule has 38 heavy (non-hydrogen) atoms. The first kappa shape index (κ1) is 27.9. The summed E-state index contributed by atoms with van der Waals surface area (Å²) < 4.78 is 34.3. The van der Waals surface area contributed by atoms with Crippen LogP contribution in [0.25, 0.3) is 6.08 Å². The van der Waals surface area contributed by atoms with Crippen molar-refractivity contribution in [1.82, 2.24) is 0 Å². The normalized spacial score (nSPS) is 28.8. The fraction of sp³-hybridized carbons (Fsp3) is 0.462. The highest BCUT2D eigenvalue weighted by Crippen LogP contribution is 2.47. The fourth-order valence-electron chi connectivity index (χ4n) is 4.33. The molecule has 0 aliphatic carbocycles. The SMILES string of the molecule is COc1cc([C@@H]2Oc3cc(/C=C/CO)cc(OC)c3O[C@@H]2CO)ccc1O[C@H]1O[C@@H](CO)[C@H](O)[C@@H](O)[C@@H]1O. The number of rotatable bonds is 9. The second-order valence-corrected chi connectivity index (χ2v) is 8.74. The molecule has 0 amide bonds. The van der Waals surface area contributed by atoms with E-state index in [9.17, 15) is 25.5 Å². The molecule has 12 nitrogen and oxygen atoms in total. The molecule has 6 N–H and O–H groups in total. The summed E-state index contributed by atoms with van der Waals surface area (Å²) >= 11 is 0. The topological polar surface area (TPSA) is 177 Å². The lowest BCUT2D eigenvalue weighted by atomic mass is 9.99. The predicted molar refractivity (Wildman–Crippen MR) is 131 cm³/mol. The lowest BCUT2D eigenvalue weighted by molar-refractivity contribution is -0.277. The molecule has 2 aliphatic heterocycles.